The van der Waals surface area contributed by atoms with Gasteiger partial charge in [-0.1, -0.05) is 48.4 Å². The van der Waals surface area contributed by atoms with Crippen LogP contribution in [0.5, 0.6) is 0 Å². The highest BCUT2D eigenvalue weighted by molar-refractivity contribution is 9.10. The van der Waals surface area contributed by atoms with Crippen LogP contribution < -0.4 is 5.32 Å². The van der Waals surface area contributed by atoms with Crippen molar-refractivity contribution in [3.63, 3.8) is 0 Å². The van der Waals surface area contributed by atoms with E-state index < -0.39 is 0 Å². The average molecular weight is 399 g/mol. The Bertz CT molecular complexity index is 698. The Morgan fingerprint density at radius 3 is 2.36 bits per heavy atom. The van der Waals surface area contributed by atoms with Crippen molar-refractivity contribution in [2.24, 2.45) is 0 Å². The van der Waals surface area contributed by atoms with Crippen LogP contribution >= 0.6 is 15.9 Å². The zero-order valence-corrected chi connectivity index (χ0v) is 16.5. The Labute approximate surface area is 159 Å². The lowest BCUT2D eigenvalue weighted by Crippen LogP contribution is -2.54. The molecule has 0 amide bonds. The van der Waals surface area contributed by atoms with E-state index in [1.165, 1.54) is 53.4 Å². The smallest absolute Gasteiger partial charge is 0.0486 e. The second kappa shape index (κ2) is 7.51. The lowest BCUT2D eigenvalue weighted by Gasteiger charge is -2.49. The molecule has 2 atom stereocenters. The van der Waals surface area contributed by atoms with Crippen molar-refractivity contribution in [1.82, 2.24) is 4.90 Å². The maximum Gasteiger partial charge on any atom is 0.0486 e. The highest BCUT2D eigenvalue weighted by Crippen LogP contribution is 2.37. The molecule has 2 saturated heterocycles. The summed E-state index contributed by atoms with van der Waals surface area (Å²) in [5, 5.41) is 3.80. The van der Waals surface area contributed by atoms with Crippen LogP contribution in [0.15, 0.2) is 53.0 Å². The van der Waals surface area contributed by atoms with Crippen molar-refractivity contribution in [1.29, 1.82) is 0 Å². The predicted molar refractivity (Wildman–Crippen MR) is 109 cm³/mol. The van der Waals surface area contributed by atoms with Crippen molar-refractivity contribution in [3.8, 4) is 0 Å². The van der Waals surface area contributed by atoms with Gasteiger partial charge in [-0.15, -0.1) is 0 Å². The van der Waals surface area contributed by atoms with E-state index in [-0.39, 0.29) is 0 Å². The molecule has 2 fully saturated rings. The number of benzene rings is 2. The van der Waals surface area contributed by atoms with Gasteiger partial charge in [-0.3, -0.25) is 4.90 Å². The van der Waals surface area contributed by atoms with Gasteiger partial charge in [0.2, 0.25) is 0 Å². The number of hydrogen-bond donors (Lipinski definition) is 1. The summed E-state index contributed by atoms with van der Waals surface area (Å²) in [6.45, 7) is 3.27. The molecule has 2 aromatic carbocycles. The molecule has 132 valence electrons. The summed E-state index contributed by atoms with van der Waals surface area (Å²) in [6.07, 6.45) is 6.59. The predicted octanol–water partition coefficient (Wildman–Crippen LogP) is 5.76. The summed E-state index contributed by atoms with van der Waals surface area (Å²) in [6, 6.07) is 19.6. The maximum absolute atomic E-state index is 3.80. The lowest BCUT2D eigenvalue weighted by molar-refractivity contribution is 0.0277. The van der Waals surface area contributed by atoms with Gasteiger partial charge in [-0.05, 0) is 66.2 Å². The van der Waals surface area contributed by atoms with E-state index in [1.54, 1.807) is 0 Å². The molecule has 1 N–H and O–H groups in total. The standard InChI is InChI=1S/C22H27BrN2/c1-16-9-11-17(12-10-16)15-25-19-5-4-6-20(25)14-18(13-19)24-22-8-3-2-7-21(22)23/h2-3,7-12,18-20,24H,4-6,13-15H2,1H3. The third kappa shape index (κ3) is 3.93. The lowest BCUT2D eigenvalue weighted by atomic mass is 9.81. The van der Waals surface area contributed by atoms with Gasteiger partial charge < -0.3 is 5.32 Å². The molecule has 4 rings (SSSR count). The van der Waals surface area contributed by atoms with Crippen LogP contribution in [-0.2, 0) is 6.54 Å². The summed E-state index contributed by atoms with van der Waals surface area (Å²) >= 11 is 3.67. The summed E-state index contributed by atoms with van der Waals surface area (Å²) in [5.41, 5.74) is 4.04. The molecule has 2 heterocycles. The molecule has 0 aliphatic carbocycles. The number of nitrogens with one attached hydrogen (secondary N) is 1. The van der Waals surface area contributed by atoms with E-state index in [9.17, 15) is 0 Å². The maximum atomic E-state index is 3.80. The SMILES string of the molecule is Cc1ccc(CN2C3CCCC2CC(Nc2ccccc2Br)C3)cc1. The van der Waals surface area contributed by atoms with Crippen molar-refractivity contribution < 1.29 is 0 Å². The second-order valence-corrected chi connectivity index (χ2v) is 8.54. The quantitative estimate of drug-likeness (QED) is 0.704. The highest BCUT2D eigenvalue weighted by Gasteiger charge is 2.38. The number of nitrogens with zero attached hydrogens (tertiary/aromatic N) is 1. The minimum Gasteiger partial charge on any atom is -0.381 e. The molecule has 2 aliphatic heterocycles. The molecule has 2 unspecified atom stereocenters. The van der Waals surface area contributed by atoms with Crippen LogP contribution in [0.2, 0.25) is 0 Å². The van der Waals surface area contributed by atoms with Gasteiger partial charge in [-0.2, -0.15) is 0 Å². The first-order valence-corrected chi connectivity index (χ1v) is 10.3. The normalized spacial score (nSPS) is 26.4. The number of rotatable bonds is 4. The van der Waals surface area contributed by atoms with Gasteiger partial charge >= 0.3 is 0 Å². The number of piperidine rings is 2. The van der Waals surface area contributed by atoms with Crippen molar-refractivity contribution in [2.45, 2.75) is 63.7 Å². The Morgan fingerprint density at radius 1 is 1.00 bits per heavy atom. The van der Waals surface area contributed by atoms with E-state index >= 15 is 0 Å². The van der Waals surface area contributed by atoms with Crippen LogP contribution in [0.4, 0.5) is 5.69 Å². The first-order valence-electron chi connectivity index (χ1n) is 9.51. The van der Waals surface area contributed by atoms with Gasteiger partial charge in [0.1, 0.15) is 0 Å². The molecule has 2 aliphatic rings. The number of fused-ring (bicyclic) bond motifs is 2. The van der Waals surface area contributed by atoms with Gasteiger partial charge in [0.15, 0.2) is 0 Å². The van der Waals surface area contributed by atoms with Gasteiger partial charge in [0.25, 0.3) is 0 Å². The number of hydrogen-bond acceptors (Lipinski definition) is 2. The molecular weight excluding hydrogens is 372 g/mol. The molecule has 0 aromatic heterocycles. The highest BCUT2D eigenvalue weighted by atomic mass is 79.9. The number of para-hydroxylation sites is 1. The van der Waals surface area contributed by atoms with E-state index in [0.29, 0.717) is 18.1 Å². The summed E-state index contributed by atoms with van der Waals surface area (Å²) in [4.78, 5) is 2.78. The number of anilines is 1. The fourth-order valence-electron chi connectivity index (χ4n) is 4.56. The third-order valence-corrected chi connectivity index (χ3v) is 6.54. The van der Waals surface area contributed by atoms with Crippen LogP contribution in [0.3, 0.4) is 0 Å². The average Bonchev–Trinajstić information content (AvgIpc) is 2.59. The first kappa shape index (κ1) is 17.1. The van der Waals surface area contributed by atoms with Crippen molar-refractivity contribution in [3.05, 3.63) is 64.1 Å². The Kier molecular flexibility index (Phi) is 5.14. The van der Waals surface area contributed by atoms with Crippen LogP contribution in [0, 0.1) is 6.92 Å². The fourth-order valence-corrected chi connectivity index (χ4v) is 4.96. The van der Waals surface area contributed by atoms with Crippen LogP contribution in [-0.4, -0.2) is 23.0 Å². The number of halogens is 1. The summed E-state index contributed by atoms with van der Waals surface area (Å²) < 4.78 is 1.17. The Balaban J connectivity index is 1.45. The summed E-state index contributed by atoms with van der Waals surface area (Å²) in [5.74, 6) is 0. The molecule has 2 bridgehead atoms. The molecule has 0 spiro atoms. The van der Waals surface area contributed by atoms with Crippen molar-refractivity contribution in [2.75, 3.05) is 5.32 Å². The van der Waals surface area contributed by atoms with E-state index in [1.807, 2.05) is 0 Å². The molecule has 25 heavy (non-hydrogen) atoms. The first-order chi connectivity index (χ1) is 12.2. The van der Waals surface area contributed by atoms with E-state index in [4.69, 9.17) is 0 Å². The second-order valence-electron chi connectivity index (χ2n) is 7.69. The Morgan fingerprint density at radius 2 is 1.68 bits per heavy atom. The fraction of sp³-hybridized carbons (Fsp3) is 0.455. The van der Waals surface area contributed by atoms with E-state index in [2.05, 4.69) is 81.6 Å². The van der Waals surface area contributed by atoms with Gasteiger partial charge in [0, 0.05) is 34.8 Å². The largest absolute Gasteiger partial charge is 0.381 e. The zero-order valence-electron chi connectivity index (χ0n) is 14.9. The molecule has 2 nitrogen and oxygen atoms in total. The molecular formula is C22H27BrN2. The minimum absolute atomic E-state index is 0.586. The third-order valence-electron chi connectivity index (χ3n) is 5.85. The molecule has 2 aromatic rings. The van der Waals surface area contributed by atoms with E-state index in [0.717, 1.165) is 6.54 Å². The van der Waals surface area contributed by atoms with Gasteiger partial charge in [-0.25, -0.2) is 0 Å². The van der Waals surface area contributed by atoms with Crippen LogP contribution in [0.25, 0.3) is 0 Å². The molecule has 0 radical (unpaired) electrons. The van der Waals surface area contributed by atoms with Gasteiger partial charge in [0.05, 0.1) is 0 Å². The zero-order chi connectivity index (χ0) is 17.2. The summed E-state index contributed by atoms with van der Waals surface area (Å²) in [7, 11) is 0. The van der Waals surface area contributed by atoms with Crippen molar-refractivity contribution >= 4 is 21.6 Å². The Hall–Kier alpha value is -1.32. The monoisotopic (exact) mass is 398 g/mol. The molecule has 0 saturated carbocycles. The number of aryl methyl sites for hydroxylation is 1. The minimum atomic E-state index is 0.586. The molecule has 3 heteroatoms. The topological polar surface area (TPSA) is 15.3 Å². The van der Waals surface area contributed by atoms with Crippen LogP contribution in [0.1, 0.15) is 43.2 Å².